The van der Waals surface area contributed by atoms with Gasteiger partial charge in [0.2, 0.25) is 11.4 Å². The summed E-state index contributed by atoms with van der Waals surface area (Å²) in [5.41, 5.74) is 3.99. The molecule has 0 spiro atoms. The molecule has 1 fully saturated rings. The van der Waals surface area contributed by atoms with E-state index in [-0.39, 0.29) is 22.3 Å². The molecule has 1 atom stereocenters. The highest BCUT2D eigenvalue weighted by molar-refractivity contribution is 6.56. The maximum absolute atomic E-state index is 12.3. The van der Waals surface area contributed by atoms with Gasteiger partial charge >= 0.3 is 11.9 Å². The summed E-state index contributed by atoms with van der Waals surface area (Å²) in [5, 5.41) is 0.00776. The minimum absolute atomic E-state index is 0.00776. The van der Waals surface area contributed by atoms with Crippen molar-refractivity contribution in [2.75, 3.05) is 20.0 Å². The van der Waals surface area contributed by atoms with Gasteiger partial charge in [0.05, 0.1) is 20.5 Å². The second kappa shape index (κ2) is 5.33. The van der Waals surface area contributed by atoms with Gasteiger partial charge in [-0.2, -0.15) is 9.97 Å². The molecule has 1 unspecified atom stereocenters. The highest BCUT2D eigenvalue weighted by Gasteiger charge is 2.88. The van der Waals surface area contributed by atoms with Crippen LogP contribution in [0.5, 0.6) is 0 Å². The van der Waals surface area contributed by atoms with Gasteiger partial charge in [-0.3, -0.25) is 9.59 Å². The summed E-state index contributed by atoms with van der Waals surface area (Å²) < 4.78 is 8.88. The largest absolute Gasteiger partial charge is 0.468 e. The SMILES string of the molecule is COC(=O)C1(C(=O)OC)C(n2cnc3c(Cl)nc(N)nc32)C1(Cl)Cl. The van der Waals surface area contributed by atoms with Crippen LogP contribution in [0, 0.1) is 5.41 Å². The number of imidazole rings is 1. The van der Waals surface area contributed by atoms with Crippen LogP contribution in [-0.2, 0) is 19.1 Å². The van der Waals surface area contributed by atoms with E-state index in [4.69, 9.17) is 50.0 Å². The van der Waals surface area contributed by atoms with Gasteiger partial charge in [-0.25, -0.2) is 4.98 Å². The number of hydrogen-bond donors (Lipinski definition) is 1. The summed E-state index contributed by atoms with van der Waals surface area (Å²) >= 11 is 18.5. The van der Waals surface area contributed by atoms with Crippen molar-refractivity contribution in [3.63, 3.8) is 0 Å². The van der Waals surface area contributed by atoms with E-state index in [2.05, 4.69) is 15.0 Å². The second-order valence-corrected chi connectivity index (χ2v) is 6.76. The van der Waals surface area contributed by atoms with E-state index in [0.717, 1.165) is 14.2 Å². The number of carbonyl (C=O) groups excluding carboxylic acids is 2. The molecule has 2 aromatic rings. The Morgan fingerprint density at radius 1 is 1.25 bits per heavy atom. The predicted molar refractivity (Wildman–Crippen MR) is 84.7 cm³/mol. The number of nitrogens with zero attached hydrogens (tertiary/aromatic N) is 4. The zero-order chi connectivity index (χ0) is 17.9. The molecule has 9 nitrogen and oxygen atoms in total. The maximum Gasteiger partial charge on any atom is 0.328 e. The van der Waals surface area contributed by atoms with E-state index in [1.807, 2.05) is 0 Å². The number of hydrogen-bond acceptors (Lipinski definition) is 8. The molecule has 128 valence electrons. The molecule has 3 rings (SSSR count). The fourth-order valence-corrected chi connectivity index (χ4v) is 3.92. The van der Waals surface area contributed by atoms with Crippen LogP contribution in [0.15, 0.2) is 6.33 Å². The van der Waals surface area contributed by atoms with Crippen LogP contribution in [0.25, 0.3) is 11.2 Å². The molecule has 12 heteroatoms. The van der Waals surface area contributed by atoms with Gasteiger partial charge in [0.1, 0.15) is 11.6 Å². The third-order valence-electron chi connectivity index (χ3n) is 3.89. The van der Waals surface area contributed by atoms with Crippen LogP contribution in [0.4, 0.5) is 5.95 Å². The highest BCUT2D eigenvalue weighted by Crippen LogP contribution is 2.73. The number of nitrogens with two attached hydrogens (primary N) is 1. The Balaban J connectivity index is 2.23. The van der Waals surface area contributed by atoms with E-state index in [1.54, 1.807) is 0 Å². The first-order chi connectivity index (χ1) is 11.2. The molecule has 0 aromatic carbocycles. The number of esters is 2. The summed E-state index contributed by atoms with van der Waals surface area (Å²) in [7, 11) is 2.21. The molecule has 0 amide bonds. The molecule has 1 aliphatic carbocycles. The van der Waals surface area contributed by atoms with Crippen molar-refractivity contribution in [3.05, 3.63) is 11.5 Å². The van der Waals surface area contributed by atoms with Crippen molar-refractivity contribution in [3.8, 4) is 0 Å². The predicted octanol–water partition coefficient (Wildman–Crippen LogP) is 1.12. The number of aromatic nitrogens is 4. The van der Waals surface area contributed by atoms with Crippen LogP contribution in [0.3, 0.4) is 0 Å². The summed E-state index contributed by atoms with van der Waals surface area (Å²) in [6, 6.07) is -1.08. The number of nitrogen functional groups attached to an aromatic ring is 1. The number of anilines is 1. The smallest absolute Gasteiger partial charge is 0.328 e. The minimum atomic E-state index is -1.97. The van der Waals surface area contributed by atoms with Crippen LogP contribution in [0.1, 0.15) is 6.04 Å². The number of rotatable bonds is 3. The van der Waals surface area contributed by atoms with Crippen molar-refractivity contribution < 1.29 is 19.1 Å². The van der Waals surface area contributed by atoms with Crippen molar-refractivity contribution in [2.24, 2.45) is 5.41 Å². The highest BCUT2D eigenvalue weighted by atomic mass is 35.5. The fraction of sp³-hybridized carbons (Fsp3) is 0.417. The Morgan fingerprint density at radius 3 is 2.38 bits per heavy atom. The van der Waals surface area contributed by atoms with Crippen molar-refractivity contribution >= 4 is 63.9 Å². The molecule has 1 aliphatic rings. The van der Waals surface area contributed by atoms with E-state index >= 15 is 0 Å². The quantitative estimate of drug-likeness (QED) is 0.356. The normalized spacial score (nSPS) is 20.6. The number of fused-ring (bicyclic) bond motifs is 1. The number of halogens is 3. The molecule has 2 N–H and O–H groups in total. The van der Waals surface area contributed by atoms with Crippen molar-refractivity contribution in [2.45, 2.75) is 10.4 Å². The zero-order valence-electron chi connectivity index (χ0n) is 12.3. The van der Waals surface area contributed by atoms with Crippen LogP contribution >= 0.6 is 34.8 Å². The first kappa shape index (κ1) is 17.0. The van der Waals surface area contributed by atoms with Gasteiger partial charge < -0.3 is 19.8 Å². The maximum atomic E-state index is 12.3. The lowest BCUT2D eigenvalue weighted by atomic mass is 10.1. The van der Waals surface area contributed by atoms with E-state index < -0.39 is 27.7 Å². The molecular weight excluding hydrogens is 385 g/mol. The Kier molecular flexibility index (Phi) is 3.78. The lowest BCUT2D eigenvalue weighted by Gasteiger charge is -2.12. The number of alkyl halides is 2. The molecule has 24 heavy (non-hydrogen) atoms. The standard InChI is InChI=1S/C12H10Cl3N5O4/c1-23-8(21)11(9(22)24-2)7(12(11,14)15)20-3-17-4-5(13)18-10(16)19-6(4)20/h3,7H,1-2H3,(H2,16,18,19). The van der Waals surface area contributed by atoms with Gasteiger partial charge in [0, 0.05) is 0 Å². The molecule has 0 bridgehead atoms. The molecule has 0 aliphatic heterocycles. The Morgan fingerprint density at radius 2 is 1.83 bits per heavy atom. The third kappa shape index (κ3) is 1.92. The summed E-state index contributed by atoms with van der Waals surface area (Å²) in [6.45, 7) is 0. The summed E-state index contributed by atoms with van der Waals surface area (Å²) in [6.07, 6.45) is 1.28. The molecule has 2 heterocycles. The molecule has 1 saturated carbocycles. The van der Waals surface area contributed by atoms with E-state index in [0.29, 0.717) is 0 Å². The topological polar surface area (TPSA) is 122 Å². The molecule has 2 aromatic heterocycles. The van der Waals surface area contributed by atoms with E-state index in [1.165, 1.54) is 10.9 Å². The lowest BCUT2D eigenvalue weighted by Crippen LogP contribution is -2.34. The second-order valence-electron chi connectivity index (χ2n) is 5.01. The Hall–Kier alpha value is -1.84. The molecule has 0 saturated heterocycles. The number of carbonyl (C=O) groups is 2. The monoisotopic (exact) mass is 393 g/mol. The minimum Gasteiger partial charge on any atom is -0.468 e. The van der Waals surface area contributed by atoms with Gasteiger partial charge in [0.15, 0.2) is 15.1 Å². The Labute approximate surface area is 150 Å². The Bertz CT molecular complexity index is 852. The lowest BCUT2D eigenvalue weighted by molar-refractivity contribution is -0.162. The zero-order valence-corrected chi connectivity index (χ0v) is 14.6. The first-order valence-corrected chi connectivity index (χ1v) is 7.57. The van der Waals surface area contributed by atoms with E-state index in [9.17, 15) is 9.59 Å². The van der Waals surface area contributed by atoms with Crippen LogP contribution < -0.4 is 5.73 Å². The first-order valence-electron chi connectivity index (χ1n) is 6.43. The van der Waals surface area contributed by atoms with Crippen LogP contribution in [0.2, 0.25) is 5.15 Å². The van der Waals surface area contributed by atoms with Gasteiger partial charge in [-0.15, -0.1) is 0 Å². The summed E-state index contributed by atoms with van der Waals surface area (Å²) in [5.74, 6) is -2.01. The average Bonchev–Trinajstić information content (AvgIpc) is 2.82. The van der Waals surface area contributed by atoms with Gasteiger partial charge in [-0.1, -0.05) is 34.8 Å². The number of methoxy groups -OCH3 is 2. The third-order valence-corrected chi connectivity index (χ3v) is 5.16. The van der Waals surface area contributed by atoms with Crippen molar-refractivity contribution in [1.29, 1.82) is 0 Å². The fourth-order valence-electron chi connectivity index (χ4n) is 2.76. The molecular formula is C12H10Cl3N5O4. The van der Waals surface area contributed by atoms with Gasteiger partial charge in [0.25, 0.3) is 0 Å². The average molecular weight is 395 g/mol. The number of ether oxygens (including phenoxy) is 2. The summed E-state index contributed by atoms with van der Waals surface area (Å²) in [4.78, 5) is 36.4. The molecule has 0 radical (unpaired) electrons. The van der Waals surface area contributed by atoms with Crippen molar-refractivity contribution in [1.82, 2.24) is 19.5 Å². The van der Waals surface area contributed by atoms with Gasteiger partial charge in [-0.05, 0) is 0 Å². The van der Waals surface area contributed by atoms with Crippen LogP contribution in [-0.4, -0.2) is 50.0 Å².